The molecule has 0 aliphatic heterocycles. The van der Waals surface area contributed by atoms with E-state index >= 15 is 0 Å². The van der Waals surface area contributed by atoms with E-state index in [-0.39, 0.29) is 12.6 Å². The van der Waals surface area contributed by atoms with Gasteiger partial charge in [-0.25, -0.2) is 4.79 Å². The predicted octanol–water partition coefficient (Wildman–Crippen LogP) is 2.81. The molecule has 0 bridgehead atoms. The summed E-state index contributed by atoms with van der Waals surface area (Å²) in [5.41, 5.74) is 6.92. The second kappa shape index (κ2) is 8.19. The largest absolute Gasteiger partial charge is 0.369 e. The molecule has 120 valence electrons. The quantitative estimate of drug-likeness (QED) is 0.760. The van der Waals surface area contributed by atoms with E-state index in [9.17, 15) is 9.59 Å². The Morgan fingerprint density at radius 2 is 1.70 bits per heavy atom. The third-order valence-corrected chi connectivity index (χ3v) is 3.74. The maximum Gasteiger partial charge on any atom is 0.319 e. The zero-order valence-electron chi connectivity index (χ0n) is 12.5. The van der Waals surface area contributed by atoms with Crippen LogP contribution >= 0.6 is 11.6 Å². The number of nitrogens with two attached hydrogens (primary N) is 1. The van der Waals surface area contributed by atoms with Crippen LogP contribution in [0.4, 0.5) is 10.5 Å². The Kier molecular flexibility index (Phi) is 6.00. The summed E-state index contributed by atoms with van der Waals surface area (Å²) in [6, 6.07) is 15.9. The van der Waals surface area contributed by atoms with Crippen molar-refractivity contribution in [3.05, 3.63) is 65.2 Å². The van der Waals surface area contributed by atoms with Crippen molar-refractivity contribution in [3.8, 4) is 0 Å². The number of halogens is 1. The Balaban J connectivity index is 1.91. The van der Waals surface area contributed by atoms with Crippen LogP contribution in [-0.2, 0) is 11.2 Å². The van der Waals surface area contributed by atoms with Gasteiger partial charge in [-0.3, -0.25) is 4.79 Å². The zero-order valence-corrected chi connectivity index (χ0v) is 13.2. The molecule has 0 radical (unpaired) electrons. The third-order valence-electron chi connectivity index (χ3n) is 3.37. The van der Waals surface area contributed by atoms with Crippen molar-refractivity contribution in [2.24, 2.45) is 11.7 Å². The fraction of sp³-hybridized carbons (Fsp3) is 0.176. The Bertz CT molecular complexity index is 677. The molecule has 0 fully saturated rings. The Hall–Kier alpha value is -2.53. The molecule has 2 aromatic rings. The predicted molar refractivity (Wildman–Crippen MR) is 91.3 cm³/mol. The summed E-state index contributed by atoms with van der Waals surface area (Å²) in [4.78, 5) is 23.5. The van der Waals surface area contributed by atoms with Gasteiger partial charge in [-0.2, -0.15) is 0 Å². The van der Waals surface area contributed by atoms with Crippen molar-refractivity contribution in [2.45, 2.75) is 6.42 Å². The first kappa shape index (κ1) is 16.8. The number of rotatable bonds is 6. The SMILES string of the molecule is NC(=O)[C@H](CNC(=O)Nc1ccccc1)Cc1ccccc1Cl. The van der Waals surface area contributed by atoms with Crippen molar-refractivity contribution in [1.82, 2.24) is 5.32 Å². The topological polar surface area (TPSA) is 84.2 Å². The molecule has 0 aliphatic rings. The molecule has 5 nitrogen and oxygen atoms in total. The number of primary amides is 1. The molecular weight excluding hydrogens is 314 g/mol. The maximum atomic E-state index is 11.9. The second-order valence-electron chi connectivity index (χ2n) is 5.10. The van der Waals surface area contributed by atoms with Crippen LogP contribution in [0.2, 0.25) is 5.02 Å². The van der Waals surface area contributed by atoms with Gasteiger partial charge >= 0.3 is 6.03 Å². The van der Waals surface area contributed by atoms with Crippen molar-refractivity contribution < 1.29 is 9.59 Å². The van der Waals surface area contributed by atoms with E-state index in [0.29, 0.717) is 17.1 Å². The number of hydrogen-bond donors (Lipinski definition) is 3. The fourth-order valence-corrected chi connectivity index (χ4v) is 2.33. The molecule has 0 aromatic heterocycles. The minimum atomic E-state index is -0.531. The molecule has 6 heteroatoms. The second-order valence-corrected chi connectivity index (χ2v) is 5.50. The number of benzene rings is 2. The highest BCUT2D eigenvalue weighted by Gasteiger charge is 2.18. The molecule has 0 saturated heterocycles. The standard InChI is InChI=1S/C17H18ClN3O2/c18-15-9-5-4-6-12(15)10-13(16(19)22)11-20-17(23)21-14-7-2-1-3-8-14/h1-9,13H,10-11H2,(H2,19,22)(H2,20,21,23)/t13-/m0/s1. The molecule has 3 amide bonds. The van der Waals surface area contributed by atoms with Crippen molar-refractivity contribution >= 4 is 29.2 Å². The van der Waals surface area contributed by atoms with Crippen LogP contribution in [0.1, 0.15) is 5.56 Å². The minimum absolute atomic E-state index is 0.138. The summed E-state index contributed by atoms with van der Waals surface area (Å²) in [5.74, 6) is -1.01. The average Bonchev–Trinajstić information content (AvgIpc) is 2.53. The normalized spacial score (nSPS) is 11.5. The number of para-hydroxylation sites is 1. The lowest BCUT2D eigenvalue weighted by Crippen LogP contribution is -2.39. The molecule has 2 rings (SSSR count). The molecule has 0 saturated carbocycles. The number of carbonyl (C=O) groups is 2. The number of carbonyl (C=O) groups excluding carboxylic acids is 2. The Morgan fingerprint density at radius 1 is 1.04 bits per heavy atom. The van der Waals surface area contributed by atoms with Crippen LogP contribution in [0.25, 0.3) is 0 Å². The summed E-state index contributed by atoms with van der Waals surface area (Å²) >= 11 is 6.09. The van der Waals surface area contributed by atoms with Crippen LogP contribution in [0, 0.1) is 5.92 Å². The van der Waals surface area contributed by atoms with Gasteiger partial charge in [0.15, 0.2) is 0 Å². The fourth-order valence-electron chi connectivity index (χ4n) is 2.12. The average molecular weight is 332 g/mol. The molecule has 0 heterocycles. The van der Waals surface area contributed by atoms with Gasteiger partial charge in [0.05, 0.1) is 5.92 Å². The highest BCUT2D eigenvalue weighted by atomic mass is 35.5. The van der Waals surface area contributed by atoms with Gasteiger partial charge in [-0.1, -0.05) is 48.0 Å². The van der Waals surface area contributed by atoms with Gasteiger partial charge in [0.1, 0.15) is 0 Å². The van der Waals surface area contributed by atoms with E-state index < -0.39 is 11.8 Å². The summed E-state index contributed by atoms with van der Waals surface area (Å²) in [6.07, 6.45) is 0.376. The highest BCUT2D eigenvalue weighted by Crippen LogP contribution is 2.18. The number of amides is 3. The third kappa shape index (κ3) is 5.30. The van der Waals surface area contributed by atoms with Crippen LogP contribution < -0.4 is 16.4 Å². The molecule has 1 atom stereocenters. The monoisotopic (exact) mass is 331 g/mol. The Morgan fingerprint density at radius 3 is 2.35 bits per heavy atom. The van der Waals surface area contributed by atoms with Gasteiger partial charge in [0, 0.05) is 17.3 Å². The van der Waals surface area contributed by atoms with E-state index in [0.717, 1.165) is 5.56 Å². The van der Waals surface area contributed by atoms with Crippen molar-refractivity contribution in [2.75, 3.05) is 11.9 Å². The Labute approximate surface area is 139 Å². The first-order valence-electron chi connectivity index (χ1n) is 7.19. The number of urea groups is 1. The van der Waals surface area contributed by atoms with Gasteiger partial charge < -0.3 is 16.4 Å². The van der Waals surface area contributed by atoms with E-state index in [1.807, 2.05) is 36.4 Å². The number of anilines is 1. The molecule has 4 N–H and O–H groups in total. The van der Waals surface area contributed by atoms with E-state index in [4.69, 9.17) is 17.3 Å². The first-order chi connectivity index (χ1) is 11.1. The van der Waals surface area contributed by atoms with Crippen LogP contribution in [0.5, 0.6) is 0 Å². The first-order valence-corrected chi connectivity index (χ1v) is 7.56. The zero-order chi connectivity index (χ0) is 16.7. The summed E-state index contributed by atoms with van der Waals surface area (Å²) in [7, 11) is 0. The smallest absolute Gasteiger partial charge is 0.319 e. The van der Waals surface area contributed by atoms with E-state index in [1.54, 1.807) is 18.2 Å². The van der Waals surface area contributed by atoms with Gasteiger partial charge in [-0.05, 0) is 30.2 Å². The summed E-state index contributed by atoms with van der Waals surface area (Å²) < 4.78 is 0. The van der Waals surface area contributed by atoms with Crippen LogP contribution in [-0.4, -0.2) is 18.5 Å². The lowest BCUT2D eigenvalue weighted by atomic mass is 9.98. The van der Waals surface area contributed by atoms with Crippen LogP contribution in [0.15, 0.2) is 54.6 Å². The summed E-state index contributed by atoms with van der Waals surface area (Å²) in [5, 5.41) is 5.92. The molecule has 0 spiro atoms. The maximum absolute atomic E-state index is 11.9. The lowest BCUT2D eigenvalue weighted by molar-refractivity contribution is -0.121. The van der Waals surface area contributed by atoms with E-state index in [1.165, 1.54) is 0 Å². The van der Waals surface area contributed by atoms with Gasteiger partial charge in [0.25, 0.3) is 0 Å². The minimum Gasteiger partial charge on any atom is -0.369 e. The van der Waals surface area contributed by atoms with Gasteiger partial charge in [0.2, 0.25) is 5.91 Å². The summed E-state index contributed by atoms with van der Waals surface area (Å²) in [6.45, 7) is 0.138. The van der Waals surface area contributed by atoms with Crippen molar-refractivity contribution in [1.29, 1.82) is 0 Å². The van der Waals surface area contributed by atoms with Crippen LogP contribution in [0.3, 0.4) is 0 Å². The molecule has 23 heavy (non-hydrogen) atoms. The van der Waals surface area contributed by atoms with E-state index in [2.05, 4.69) is 10.6 Å². The molecule has 2 aromatic carbocycles. The highest BCUT2D eigenvalue weighted by molar-refractivity contribution is 6.31. The number of nitrogens with one attached hydrogen (secondary N) is 2. The number of hydrogen-bond acceptors (Lipinski definition) is 2. The molecule has 0 unspecified atom stereocenters. The van der Waals surface area contributed by atoms with Gasteiger partial charge in [-0.15, -0.1) is 0 Å². The molecular formula is C17H18ClN3O2. The van der Waals surface area contributed by atoms with Crippen molar-refractivity contribution in [3.63, 3.8) is 0 Å². The molecule has 0 aliphatic carbocycles. The lowest BCUT2D eigenvalue weighted by Gasteiger charge is -2.15.